The molecule has 0 bridgehead atoms. The molecule has 1 aromatic rings. The van der Waals surface area contributed by atoms with Gasteiger partial charge in [-0.25, -0.2) is 4.98 Å². The fourth-order valence-electron chi connectivity index (χ4n) is 1.22. The topological polar surface area (TPSA) is 26.0 Å². The van der Waals surface area contributed by atoms with E-state index < -0.39 is 0 Å². The lowest BCUT2D eigenvalue weighted by molar-refractivity contribution is 0.471. The van der Waals surface area contributed by atoms with Crippen LogP contribution in [0.2, 0.25) is 0 Å². The standard InChI is InChI=1S/C12H21NOS2/c1-11(2,3)9-8-14-10(13-9)6-7-12(4,5)16-15/h8,15H,6-7H2,1-5H3. The molecule has 1 aromatic heterocycles. The van der Waals surface area contributed by atoms with E-state index in [4.69, 9.17) is 4.42 Å². The second-order valence-electron chi connectivity index (χ2n) is 5.73. The normalized spacial score (nSPS) is 13.1. The number of rotatable bonds is 4. The van der Waals surface area contributed by atoms with E-state index >= 15 is 0 Å². The van der Waals surface area contributed by atoms with Crippen molar-refractivity contribution < 1.29 is 4.42 Å². The number of oxazole rings is 1. The summed E-state index contributed by atoms with van der Waals surface area (Å²) < 4.78 is 5.65. The van der Waals surface area contributed by atoms with Crippen molar-refractivity contribution in [2.24, 2.45) is 0 Å². The summed E-state index contributed by atoms with van der Waals surface area (Å²) in [5.74, 6) is 0.834. The van der Waals surface area contributed by atoms with Crippen LogP contribution in [0.1, 0.15) is 52.6 Å². The maximum atomic E-state index is 5.49. The molecule has 0 aliphatic rings. The van der Waals surface area contributed by atoms with E-state index in [0.717, 1.165) is 24.4 Å². The Labute approximate surface area is 107 Å². The van der Waals surface area contributed by atoms with Crippen LogP contribution in [0, 0.1) is 0 Å². The highest BCUT2D eigenvalue weighted by atomic mass is 33.1. The maximum absolute atomic E-state index is 5.49. The third-order valence-electron chi connectivity index (χ3n) is 2.51. The van der Waals surface area contributed by atoms with Gasteiger partial charge in [-0.3, -0.25) is 0 Å². The molecule has 0 amide bonds. The molecule has 2 nitrogen and oxygen atoms in total. The number of hydrogen-bond acceptors (Lipinski definition) is 4. The lowest BCUT2D eigenvalue weighted by Crippen LogP contribution is -2.14. The third-order valence-corrected chi connectivity index (χ3v) is 4.69. The van der Waals surface area contributed by atoms with Crippen LogP contribution < -0.4 is 0 Å². The highest BCUT2D eigenvalue weighted by Gasteiger charge is 2.21. The summed E-state index contributed by atoms with van der Waals surface area (Å²) in [7, 11) is 1.58. The molecular weight excluding hydrogens is 238 g/mol. The summed E-state index contributed by atoms with van der Waals surface area (Å²) >= 11 is 4.26. The van der Waals surface area contributed by atoms with Crippen LogP contribution in [0.3, 0.4) is 0 Å². The van der Waals surface area contributed by atoms with Gasteiger partial charge in [0.15, 0.2) is 5.89 Å². The predicted octanol–water partition coefficient (Wildman–Crippen LogP) is 4.26. The van der Waals surface area contributed by atoms with Crippen LogP contribution in [0.5, 0.6) is 0 Å². The molecule has 1 rings (SSSR count). The maximum Gasteiger partial charge on any atom is 0.194 e. The van der Waals surface area contributed by atoms with Gasteiger partial charge in [-0.2, -0.15) is 0 Å². The van der Waals surface area contributed by atoms with Crippen molar-refractivity contribution in [3.63, 3.8) is 0 Å². The molecule has 4 heteroatoms. The first-order valence-corrected chi connectivity index (χ1v) is 7.39. The number of thiol groups is 1. The fourth-order valence-corrected chi connectivity index (χ4v) is 1.69. The van der Waals surface area contributed by atoms with E-state index in [1.807, 2.05) is 0 Å². The van der Waals surface area contributed by atoms with Gasteiger partial charge in [-0.05, 0) is 20.3 Å². The van der Waals surface area contributed by atoms with E-state index in [1.165, 1.54) is 0 Å². The SMILES string of the molecule is CC(C)(CCc1nc(C(C)(C)C)co1)SS. The molecule has 0 fully saturated rings. The summed E-state index contributed by atoms with van der Waals surface area (Å²) in [4.78, 5) is 4.52. The Bertz CT molecular complexity index is 339. The molecule has 0 spiro atoms. The molecule has 0 aliphatic carbocycles. The molecule has 0 saturated carbocycles. The molecule has 0 saturated heterocycles. The van der Waals surface area contributed by atoms with Crippen LogP contribution in [0.4, 0.5) is 0 Å². The van der Waals surface area contributed by atoms with Crippen LogP contribution in [0.25, 0.3) is 0 Å². The minimum Gasteiger partial charge on any atom is -0.449 e. The minimum atomic E-state index is 0.0650. The van der Waals surface area contributed by atoms with E-state index in [0.29, 0.717) is 0 Å². The largest absolute Gasteiger partial charge is 0.449 e. The van der Waals surface area contributed by atoms with E-state index in [1.54, 1.807) is 17.1 Å². The molecule has 0 aliphatic heterocycles. The Morgan fingerprint density at radius 1 is 1.31 bits per heavy atom. The van der Waals surface area contributed by atoms with Gasteiger partial charge in [-0.15, -0.1) is 11.7 Å². The van der Waals surface area contributed by atoms with Crippen molar-refractivity contribution >= 4 is 22.5 Å². The van der Waals surface area contributed by atoms with Crippen molar-refractivity contribution in [1.82, 2.24) is 4.98 Å². The minimum absolute atomic E-state index is 0.0650. The first-order valence-electron chi connectivity index (χ1n) is 5.52. The van der Waals surface area contributed by atoms with Crippen molar-refractivity contribution in [3.05, 3.63) is 17.8 Å². The van der Waals surface area contributed by atoms with E-state index in [2.05, 4.69) is 51.3 Å². The van der Waals surface area contributed by atoms with Crippen molar-refractivity contribution in [2.45, 2.75) is 57.6 Å². The summed E-state index contributed by atoms with van der Waals surface area (Å²) in [5, 5.41) is 0. The molecule has 1 heterocycles. The van der Waals surface area contributed by atoms with Gasteiger partial charge >= 0.3 is 0 Å². The van der Waals surface area contributed by atoms with Crippen molar-refractivity contribution in [1.29, 1.82) is 0 Å². The first-order chi connectivity index (χ1) is 7.24. The third kappa shape index (κ3) is 4.06. The number of nitrogens with zero attached hydrogens (tertiary/aromatic N) is 1. The summed E-state index contributed by atoms with van der Waals surface area (Å²) in [6.07, 6.45) is 3.66. The van der Waals surface area contributed by atoms with Crippen LogP contribution in [-0.2, 0) is 11.8 Å². The second-order valence-corrected chi connectivity index (χ2v) is 7.56. The van der Waals surface area contributed by atoms with Crippen molar-refractivity contribution in [2.75, 3.05) is 0 Å². The van der Waals surface area contributed by atoms with Gasteiger partial charge in [0.1, 0.15) is 6.26 Å². The highest BCUT2D eigenvalue weighted by Crippen LogP contribution is 2.32. The zero-order chi connectivity index (χ0) is 12.4. The van der Waals surface area contributed by atoms with Crippen LogP contribution in [0.15, 0.2) is 10.7 Å². The van der Waals surface area contributed by atoms with Gasteiger partial charge in [0.05, 0.1) is 5.69 Å². The van der Waals surface area contributed by atoms with Crippen LogP contribution in [-0.4, -0.2) is 9.73 Å². The Balaban J connectivity index is 2.60. The number of aryl methyl sites for hydroxylation is 1. The zero-order valence-electron chi connectivity index (χ0n) is 10.7. The molecule has 0 N–H and O–H groups in total. The predicted molar refractivity (Wildman–Crippen MR) is 74.2 cm³/mol. The smallest absolute Gasteiger partial charge is 0.194 e. The quantitative estimate of drug-likeness (QED) is 0.646. The number of hydrogen-bond donors (Lipinski definition) is 1. The molecule has 0 atom stereocenters. The summed E-state index contributed by atoms with van der Waals surface area (Å²) in [5.41, 5.74) is 1.09. The van der Waals surface area contributed by atoms with Gasteiger partial charge in [-0.1, -0.05) is 31.6 Å². The molecule has 0 unspecified atom stereocenters. The Morgan fingerprint density at radius 2 is 1.94 bits per heavy atom. The van der Waals surface area contributed by atoms with Crippen molar-refractivity contribution in [3.8, 4) is 0 Å². The van der Waals surface area contributed by atoms with Gasteiger partial charge in [0, 0.05) is 16.6 Å². The molecule has 16 heavy (non-hydrogen) atoms. The fraction of sp³-hybridized carbons (Fsp3) is 0.750. The molecule has 0 radical (unpaired) electrons. The Morgan fingerprint density at radius 3 is 2.38 bits per heavy atom. The summed E-state index contributed by atoms with van der Waals surface area (Å²) in [6.45, 7) is 10.8. The number of aromatic nitrogens is 1. The van der Waals surface area contributed by atoms with E-state index in [9.17, 15) is 0 Å². The Hall–Kier alpha value is -0.0900. The molecule has 0 aromatic carbocycles. The monoisotopic (exact) mass is 259 g/mol. The average molecular weight is 259 g/mol. The first kappa shape index (κ1) is 14.0. The average Bonchev–Trinajstić information content (AvgIpc) is 2.63. The van der Waals surface area contributed by atoms with Gasteiger partial charge < -0.3 is 4.42 Å². The molecule has 92 valence electrons. The zero-order valence-corrected chi connectivity index (χ0v) is 12.4. The van der Waals surface area contributed by atoms with Gasteiger partial charge in [0.2, 0.25) is 0 Å². The van der Waals surface area contributed by atoms with Gasteiger partial charge in [0.25, 0.3) is 0 Å². The lowest BCUT2D eigenvalue weighted by Gasteiger charge is -2.19. The highest BCUT2D eigenvalue weighted by molar-refractivity contribution is 8.69. The lowest BCUT2D eigenvalue weighted by atomic mass is 9.93. The summed E-state index contributed by atoms with van der Waals surface area (Å²) in [6, 6.07) is 0. The van der Waals surface area contributed by atoms with Crippen LogP contribution >= 0.6 is 22.5 Å². The molecular formula is C12H21NOS2. The van der Waals surface area contributed by atoms with E-state index in [-0.39, 0.29) is 10.2 Å². The Kier molecular flexibility index (Phi) is 4.41. The second kappa shape index (κ2) is 5.05.